The van der Waals surface area contributed by atoms with Crippen LogP contribution in [0.4, 0.5) is 9.18 Å². The lowest BCUT2D eigenvalue weighted by Gasteiger charge is -2.39. The highest BCUT2D eigenvalue weighted by Gasteiger charge is 2.40. The van der Waals surface area contributed by atoms with Crippen molar-refractivity contribution < 1.29 is 28.6 Å². The molecule has 4 rings (SSSR count). The number of carbonyl (C=O) groups excluding carboxylic acids is 3. The van der Waals surface area contributed by atoms with Crippen LogP contribution in [0.1, 0.15) is 67.2 Å². The SMILES string of the molecule is CN(CCO)C(=O)c1ccc(-c2ncc(C(=O)N(C3CC3)C3CCN(C(=O)OC(C)(C)C)CC3)cn2)cc1F. The van der Waals surface area contributed by atoms with Crippen molar-refractivity contribution in [3.8, 4) is 11.4 Å². The first kappa shape index (κ1) is 28.4. The Kier molecular flexibility index (Phi) is 8.48. The van der Waals surface area contributed by atoms with Crippen molar-refractivity contribution in [2.45, 2.75) is 64.1 Å². The second kappa shape index (κ2) is 11.6. The van der Waals surface area contributed by atoms with E-state index in [1.807, 2.05) is 25.7 Å². The van der Waals surface area contributed by atoms with Crippen LogP contribution in [0.2, 0.25) is 0 Å². The van der Waals surface area contributed by atoms with Crippen LogP contribution in [0.25, 0.3) is 11.4 Å². The first-order chi connectivity index (χ1) is 18.5. The summed E-state index contributed by atoms with van der Waals surface area (Å²) in [5, 5.41) is 9.01. The number of benzene rings is 1. The average Bonchev–Trinajstić information content (AvgIpc) is 3.73. The number of ether oxygens (including phenoxy) is 1. The van der Waals surface area contributed by atoms with Gasteiger partial charge in [0, 0.05) is 56.7 Å². The van der Waals surface area contributed by atoms with Crippen molar-refractivity contribution in [3.05, 3.63) is 47.5 Å². The van der Waals surface area contributed by atoms with Crippen LogP contribution in [0.3, 0.4) is 0 Å². The number of aromatic nitrogens is 2. The van der Waals surface area contributed by atoms with Gasteiger partial charge in [-0.05, 0) is 58.6 Å². The third kappa shape index (κ3) is 6.89. The molecule has 0 spiro atoms. The molecule has 1 aromatic heterocycles. The zero-order valence-electron chi connectivity index (χ0n) is 22.9. The number of carbonyl (C=O) groups is 3. The molecule has 0 radical (unpaired) electrons. The second-order valence-electron chi connectivity index (χ2n) is 11.1. The van der Waals surface area contributed by atoms with Crippen molar-refractivity contribution >= 4 is 17.9 Å². The molecule has 210 valence electrons. The fourth-order valence-corrected chi connectivity index (χ4v) is 4.66. The molecule has 1 N–H and O–H groups in total. The topological polar surface area (TPSA) is 116 Å². The van der Waals surface area contributed by atoms with Crippen LogP contribution < -0.4 is 0 Å². The summed E-state index contributed by atoms with van der Waals surface area (Å²) < 4.78 is 20.2. The van der Waals surface area contributed by atoms with Gasteiger partial charge in [-0.1, -0.05) is 6.07 Å². The molecule has 1 aliphatic heterocycles. The maximum atomic E-state index is 14.7. The second-order valence-corrected chi connectivity index (χ2v) is 11.1. The van der Waals surface area contributed by atoms with E-state index in [1.165, 1.54) is 36.5 Å². The van der Waals surface area contributed by atoms with Gasteiger partial charge in [-0.3, -0.25) is 9.59 Å². The van der Waals surface area contributed by atoms with E-state index in [4.69, 9.17) is 9.84 Å². The van der Waals surface area contributed by atoms with Crippen LogP contribution in [0.15, 0.2) is 30.6 Å². The van der Waals surface area contributed by atoms with Gasteiger partial charge in [-0.15, -0.1) is 0 Å². The van der Waals surface area contributed by atoms with Crippen LogP contribution in [-0.2, 0) is 4.74 Å². The molecular formula is C28H36FN5O5. The Labute approximate surface area is 227 Å². The minimum atomic E-state index is -0.719. The maximum Gasteiger partial charge on any atom is 0.410 e. The van der Waals surface area contributed by atoms with E-state index in [0.717, 1.165) is 12.8 Å². The number of amides is 3. The average molecular weight is 542 g/mol. The number of rotatable bonds is 7. The van der Waals surface area contributed by atoms with E-state index in [1.54, 1.807) is 11.0 Å². The molecule has 1 aliphatic carbocycles. The highest BCUT2D eigenvalue weighted by molar-refractivity contribution is 5.95. The van der Waals surface area contributed by atoms with Crippen LogP contribution in [0.5, 0.6) is 0 Å². The summed E-state index contributed by atoms with van der Waals surface area (Å²) >= 11 is 0. The zero-order chi connectivity index (χ0) is 28.3. The predicted molar refractivity (Wildman–Crippen MR) is 141 cm³/mol. The summed E-state index contributed by atoms with van der Waals surface area (Å²) in [6.07, 6.45) is 5.77. The van der Waals surface area contributed by atoms with E-state index < -0.39 is 17.3 Å². The molecule has 1 saturated heterocycles. The van der Waals surface area contributed by atoms with Crippen molar-refractivity contribution in [2.75, 3.05) is 33.3 Å². The molecule has 3 amide bonds. The van der Waals surface area contributed by atoms with Gasteiger partial charge in [-0.2, -0.15) is 0 Å². The van der Waals surface area contributed by atoms with Crippen molar-refractivity contribution in [2.24, 2.45) is 0 Å². The number of hydrogen-bond acceptors (Lipinski definition) is 7. The lowest BCUT2D eigenvalue weighted by molar-refractivity contribution is 0.0142. The van der Waals surface area contributed by atoms with E-state index >= 15 is 0 Å². The Bertz CT molecular complexity index is 1200. The lowest BCUT2D eigenvalue weighted by Crippen LogP contribution is -2.50. The number of likely N-dealkylation sites (N-methyl/N-ethyl adjacent to an activating group) is 1. The van der Waals surface area contributed by atoms with Gasteiger partial charge in [0.05, 0.1) is 17.7 Å². The molecule has 0 unspecified atom stereocenters. The van der Waals surface area contributed by atoms with E-state index in [-0.39, 0.29) is 48.6 Å². The van der Waals surface area contributed by atoms with Crippen LogP contribution in [-0.4, -0.2) is 98.7 Å². The van der Waals surface area contributed by atoms with Gasteiger partial charge in [0.1, 0.15) is 11.4 Å². The van der Waals surface area contributed by atoms with E-state index in [9.17, 15) is 18.8 Å². The predicted octanol–water partition coefficient (Wildman–Crippen LogP) is 3.35. The standard InChI is InChI=1S/C28H36FN5O5/c1-28(2,3)39-27(38)33-11-9-21(10-12-33)34(20-6-7-20)25(36)19-16-30-24(31-17-19)18-5-8-22(23(29)15-18)26(37)32(4)13-14-35/h5,8,15-17,20-21,35H,6-7,9-14H2,1-4H3. The van der Waals surface area contributed by atoms with Crippen LogP contribution >= 0.6 is 0 Å². The molecule has 0 atom stereocenters. The highest BCUT2D eigenvalue weighted by Crippen LogP contribution is 2.33. The van der Waals surface area contributed by atoms with Gasteiger partial charge < -0.3 is 24.5 Å². The molecule has 2 fully saturated rings. The highest BCUT2D eigenvalue weighted by atomic mass is 19.1. The monoisotopic (exact) mass is 541 g/mol. The molecule has 2 aromatic rings. The zero-order valence-corrected chi connectivity index (χ0v) is 22.9. The summed E-state index contributed by atoms with van der Waals surface area (Å²) in [7, 11) is 1.49. The van der Waals surface area contributed by atoms with Crippen molar-refractivity contribution in [1.82, 2.24) is 24.7 Å². The molecule has 1 aromatic carbocycles. The molecule has 2 heterocycles. The largest absolute Gasteiger partial charge is 0.444 e. The lowest BCUT2D eigenvalue weighted by atomic mass is 10.0. The summed E-state index contributed by atoms with van der Waals surface area (Å²) in [5.41, 5.74) is 0.0528. The van der Waals surface area contributed by atoms with Crippen molar-refractivity contribution in [3.63, 3.8) is 0 Å². The van der Waals surface area contributed by atoms with E-state index in [0.29, 0.717) is 37.1 Å². The number of nitrogens with zero attached hydrogens (tertiary/aromatic N) is 5. The number of aliphatic hydroxyl groups excluding tert-OH is 1. The normalized spacial score (nSPS) is 16.1. The minimum absolute atomic E-state index is 0.00602. The van der Waals surface area contributed by atoms with Crippen LogP contribution in [0, 0.1) is 5.82 Å². The smallest absolute Gasteiger partial charge is 0.410 e. The van der Waals surface area contributed by atoms with Gasteiger partial charge in [0.15, 0.2) is 5.82 Å². The molecule has 10 nitrogen and oxygen atoms in total. The summed E-state index contributed by atoms with van der Waals surface area (Å²) in [4.78, 5) is 51.7. The Morgan fingerprint density at radius 3 is 2.21 bits per heavy atom. The fraction of sp³-hybridized carbons (Fsp3) is 0.536. The number of hydrogen-bond donors (Lipinski definition) is 1. The number of piperidine rings is 1. The van der Waals surface area contributed by atoms with E-state index in [2.05, 4.69) is 9.97 Å². The Morgan fingerprint density at radius 2 is 1.67 bits per heavy atom. The minimum Gasteiger partial charge on any atom is -0.444 e. The molecule has 0 bridgehead atoms. The molecule has 11 heteroatoms. The Hall–Kier alpha value is -3.60. The first-order valence-corrected chi connectivity index (χ1v) is 13.3. The first-order valence-electron chi connectivity index (χ1n) is 13.3. The molecule has 1 saturated carbocycles. The quantitative estimate of drug-likeness (QED) is 0.572. The van der Waals surface area contributed by atoms with Gasteiger partial charge in [0.25, 0.3) is 11.8 Å². The maximum absolute atomic E-state index is 14.7. The third-order valence-electron chi connectivity index (χ3n) is 6.82. The fourth-order valence-electron chi connectivity index (χ4n) is 4.66. The number of aliphatic hydroxyl groups is 1. The summed E-state index contributed by atoms with van der Waals surface area (Å²) in [5.74, 6) is -1.17. The number of likely N-dealkylation sites (tertiary alicyclic amines) is 1. The van der Waals surface area contributed by atoms with Gasteiger partial charge in [0.2, 0.25) is 0 Å². The van der Waals surface area contributed by atoms with Gasteiger partial charge in [-0.25, -0.2) is 19.2 Å². The summed E-state index contributed by atoms with van der Waals surface area (Å²) in [6.45, 7) is 6.43. The number of halogens is 1. The summed E-state index contributed by atoms with van der Waals surface area (Å²) in [6, 6.07) is 4.27. The molecule has 39 heavy (non-hydrogen) atoms. The Morgan fingerprint density at radius 1 is 1.05 bits per heavy atom. The molecular weight excluding hydrogens is 505 g/mol. The third-order valence-corrected chi connectivity index (χ3v) is 6.82. The van der Waals surface area contributed by atoms with Gasteiger partial charge >= 0.3 is 6.09 Å². The Balaban J connectivity index is 1.42. The van der Waals surface area contributed by atoms with Crippen molar-refractivity contribution in [1.29, 1.82) is 0 Å². The molecule has 2 aliphatic rings.